The van der Waals surface area contributed by atoms with Crippen molar-refractivity contribution in [3.8, 4) is 0 Å². The first-order valence-corrected chi connectivity index (χ1v) is 6.85. The number of nitrogens with zero attached hydrogens (tertiary/aromatic N) is 1. The highest BCUT2D eigenvalue weighted by atomic mass is 16.5. The SMILES string of the molecule is CCCC1CCN(C(=O)NCC(=O)OCC)CC1. The Hall–Kier alpha value is -1.26. The zero-order valence-electron chi connectivity index (χ0n) is 11.4. The molecule has 1 fully saturated rings. The largest absolute Gasteiger partial charge is 0.465 e. The summed E-state index contributed by atoms with van der Waals surface area (Å²) in [5, 5.41) is 2.60. The van der Waals surface area contributed by atoms with Gasteiger partial charge in [0.15, 0.2) is 0 Å². The standard InChI is InChI=1S/C13H24N2O3/c1-3-5-11-6-8-15(9-7-11)13(17)14-10-12(16)18-4-2/h11H,3-10H2,1-2H3,(H,14,17). The maximum atomic E-state index is 11.8. The van der Waals surface area contributed by atoms with Gasteiger partial charge in [-0.1, -0.05) is 19.8 Å². The highest BCUT2D eigenvalue weighted by Gasteiger charge is 2.22. The lowest BCUT2D eigenvalue weighted by molar-refractivity contribution is -0.141. The summed E-state index contributed by atoms with van der Waals surface area (Å²) in [6.45, 7) is 5.83. The Morgan fingerprint density at radius 3 is 2.50 bits per heavy atom. The molecule has 1 saturated heterocycles. The maximum absolute atomic E-state index is 11.8. The maximum Gasteiger partial charge on any atom is 0.325 e. The molecule has 0 aliphatic carbocycles. The minimum absolute atomic E-state index is 0.0401. The molecule has 0 radical (unpaired) electrons. The zero-order chi connectivity index (χ0) is 13.4. The van der Waals surface area contributed by atoms with E-state index in [1.54, 1.807) is 11.8 Å². The summed E-state index contributed by atoms with van der Waals surface area (Å²) < 4.78 is 4.76. The van der Waals surface area contributed by atoms with E-state index in [0.717, 1.165) is 31.8 Å². The predicted octanol–water partition coefficient (Wildman–Crippen LogP) is 1.77. The van der Waals surface area contributed by atoms with Crippen molar-refractivity contribution in [1.29, 1.82) is 0 Å². The molecule has 0 aromatic heterocycles. The summed E-state index contributed by atoms with van der Waals surface area (Å²) in [4.78, 5) is 24.7. The van der Waals surface area contributed by atoms with Crippen molar-refractivity contribution in [2.45, 2.75) is 39.5 Å². The van der Waals surface area contributed by atoms with Gasteiger partial charge in [0, 0.05) is 13.1 Å². The molecule has 5 nitrogen and oxygen atoms in total. The smallest absolute Gasteiger partial charge is 0.325 e. The van der Waals surface area contributed by atoms with Gasteiger partial charge in [-0.2, -0.15) is 0 Å². The Balaban J connectivity index is 2.21. The number of piperidine rings is 1. The Morgan fingerprint density at radius 1 is 1.28 bits per heavy atom. The zero-order valence-corrected chi connectivity index (χ0v) is 11.4. The number of esters is 1. The van der Waals surface area contributed by atoms with Crippen LogP contribution in [0.5, 0.6) is 0 Å². The molecule has 0 unspecified atom stereocenters. The van der Waals surface area contributed by atoms with Gasteiger partial charge in [0.1, 0.15) is 6.54 Å². The molecular formula is C13H24N2O3. The number of carbonyl (C=O) groups excluding carboxylic acids is 2. The molecule has 0 aromatic carbocycles. The van der Waals surface area contributed by atoms with Gasteiger partial charge < -0.3 is 15.0 Å². The number of rotatable bonds is 5. The summed E-state index contributed by atoms with van der Waals surface area (Å²) in [6.07, 6.45) is 4.60. The van der Waals surface area contributed by atoms with E-state index in [1.165, 1.54) is 12.8 Å². The highest BCUT2D eigenvalue weighted by Crippen LogP contribution is 2.21. The third kappa shape index (κ3) is 4.94. The molecular weight excluding hydrogens is 232 g/mol. The lowest BCUT2D eigenvalue weighted by atomic mass is 9.93. The number of hydrogen-bond acceptors (Lipinski definition) is 3. The normalized spacial score (nSPS) is 16.4. The quantitative estimate of drug-likeness (QED) is 0.763. The van der Waals surface area contributed by atoms with E-state index >= 15 is 0 Å². The van der Waals surface area contributed by atoms with Crippen molar-refractivity contribution in [1.82, 2.24) is 10.2 Å². The Kier molecular flexibility index (Phi) is 6.54. The summed E-state index contributed by atoms with van der Waals surface area (Å²) in [6, 6.07) is -0.155. The average molecular weight is 256 g/mol. The van der Waals surface area contributed by atoms with Crippen molar-refractivity contribution >= 4 is 12.0 Å². The van der Waals surface area contributed by atoms with Gasteiger partial charge in [-0.25, -0.2) is 4.79 Å². The number of hydrogen-bond donors (Lipinski definition) is 1. The first kappa shape index (κ1) is 14.8. The lowest BCUT2D eigenvalue weighted by Gasteiger charge is -2.31. The van der Waals surface area contributed by atoms with E-state index in [0.29, 0.717) is 6.61 Å². The van der Waals surface area contributed by atoms with E-state index in [4.69, 9.17) is 4.74 Å². The second-order valence-corrected chi connectivity index (χ2v) is 4.68. The van der Waals surface area contributed by atoms with Gasteiger partial charge in [0.05, 0.1) is 6.61 Å². The number of likely N-dealkylation sites (tertiary alicyclic amines) is 1. The van der Waals surface area contributed by atoms with Crippen LogP contribution in [0, 0.1) is 5.92 Å². The Morgan fingerprint density at radius 2 is 1.94 bits per heavy atom. The molecule has 18 heavy (non-hydrogen) atoms. The minimum Gasteiger partial charge on any atom is -0.465 e. The van der Waals surface area contributed by atoms with E-state index in [2.05, 4.69) is 12.2 Å². The molecule has 104 valence electrons. The second-order valence-electron chi connectivity index (χ2n) is 4.68. The molecule has 1 heterocycles. The Labute approximate surface area is 109 Å². The summed E-state index contributed by atoms with van der Waals surface area (Å²) in [5.41, 5.74) is 0. The number of urea groups is 1. The van der Waals surface area contributed by atoms with Crippen LogP contribution in [0.2, 0.25) is 0 Å². The van der Waals surface area contributed by atoms with Crippen LogP contribution in [0.4, 0.5) is 4.79 Å². The summed E-state index contributed by atoms with van der Waals surface area (Å²) >= 11 is 0. The summed E-state index contributed by atoms with van der Waals surface area (Å²) in [5.74, 6) is 0.371. The molecule has 0 bridgehead atoms. The number of ether oxygens (including phenoxy) is 1. The molecule has 0 aromatic rings. The van der Waals surface area contributed by atoms with E-state index in [1.807, 2.05) is 0 Å². The van der Waals surface area contributed by atoms with Gasteiger partial charge in [0.2, 0.25) is 0 Å². The molecule has 1 N–H and O–H groups in total. The fourth-order valence-corrected chi connectivity index (χ4v) is 2.30. The van der Waals surface area contributed by atoms with Gasteiger partial charge in [-0.05, 0) is 25.7 Å². The molecule has 0 spiro atoms. The van der Waals surface area contributed by atoms with E-state index in [-0.39, 0.29) is 18.5 Å². The van der Waals surface area contributed by atoms with Gasteiger partial charge in [-0.15, -0.1) is 0 Å². The molecule has 1 rings (SSSR count). The fourth-order valence-electron chi connectivity index (χ4n) is 2.30. The molecule has 1 aliphatic heterocycles. The van der Waals surface area contributed by atoms with E-state index < -0.39 is 0 Å². The van der Waals surface area contributed by atoms with Gasteiger partial charge in [-0.3, -0.25) is 4.79 Å². The first-order valence-electron chi connectivity index (χ1n) is 6.85. The first-order chi connectivity index (χ1) is 8.67. The molecule has 5 heteroatoms. The molecule has 0 atom stereocenters. The monoisotopic (exact) mass is 256 g/mol. The van der Waals surface area contributed by atoms with Crippen molar-refractivity contribution in [3.63, 3.8) is 0 Å². The van der Waals surface area contributed by atoms with Crippen LogP contribution >= 0.6 is 0 Å². The fraction of sp³-hybridized carbons (Fsp3) is 0.846. The van der Waals surface area contributed by atoms with Crippen LogP contribution in [-0.2, 0) is 9.53 Å². The minimum atomic E-state index is -0.383. The van der Waals surface area contributed by atoms with Crippen LogP contribution < -0.4 is 5.32 Å². The van der Waals surface area contributed by atoms with Crippen molar-refractivity contribution in [3.05, 3.63) is 0 Å². The van der Waals surface area contributed by atoms with Crippen LogP contribution in [-0.4, -0.2) is 43.1 Å². The average Bonchev–Trinajstić information content (AvgIpc) is 2.37. The van der Waals surface area contributed by atoms with Crippen LogP contribution in [0.1, 0.15) is 39.5 Å². The third-order valence-electron chi connectivity index (χ3n) is 3.29. The topological polar surface area (TPSA) is 58.6 Å². The number of nitrogens with one attached hydrogen (secondary N) is 1. The van der Waals surface area contributed by atoms with Gasteiger partial charge >= 0.3 is 12.0 Å². The van der Waals surface area contributed by atoms with Crippen LogP contribution in [0.25, 0.3) is 0 Å². The van der Waals surface area contributed by atoms with Gasteiger partial charge in [0.25, 0.3) is 0 Å². The number of carbonyl (C=O) groups is 2. The van der Waals surface area contributed by atoms with Crippen molar-refractivity contribution in [2.75, 3.05) is 26.2 Å². The molecule has 1 aliphatic rings. The number of amides is 2. The second kappa shape index (κ2) is 7.95. The molecule has 2 amide bonds. The van der Waals surface area contributed by atoms with Crippen molar-refractivity contribution < 1.29 is 14.3 Å². The van der Waals surface area contributed by atoms with Crippen molar-refractivity contribution in [2.24, 2.45) is 5.92 Å². The van der Waals surface area contributed by atoms with E-state index in [9.17, 15) is 9.59 Å². The Bertz CT molecular complexity index is 273. The highest BCUT2D eigenvalue weighted by molar-refractivity contribution is 5.80. The predicted molar refractivity (Wildman–Crippen MR) is 69.2 cm³/mol. The molecule has 0 saturated carbocycles. The third-order valence-corrected chi connectivity index (χ3v) is 3.29. The lowest BCUT2D eigenvalue weighted by Crippen LogP contribution is -2.46. The summed E-state index contributed by atoms with van der Waals surface area (Å²) in [7, 11) is 0. The van der Waals surface area contributed by atoms with Crippen LogP contribution in [0.15, 0.2) is 0 Å². The van der Waals surface area contributed by atoms with Crippen LogP contribution in [0.3, 0.4) is 0 Å².